The maximum atomic E-state index is 13.1. The number of nitrogens with one attached hydrogen (secondary N) is 1. The van der Waals surface area contributed by atoms with E-state index in [-0.39, 0.29) is 17.1 Å². The van der Waals surface area contributed by atoms with Gasteiger partial charge in [0.05, 0.1) is 17.1 Å². The molecule has 7 nitrogen and oxygen atoms in total. The predicted molar refractivity (Wildman–Crippen MR) is 128 cm³/mol. The number of aryl methyl sites for hydroxylation is 1. The van der Waals surface area contributed by atoms with Crippen LogP contribution in [0.25, 0.3) is 10.9 Å². The van der Waals surface area contributed by atoms with Gasteiger partial charge in [-0.1, -0.05) is 44.9 Å². The lowest BCUT2D eigenvalue weighted by molar-refractivity contribution is 0.106. The largest absolute Gasteiger partial charge is 0.321 e. The van der Waals surface area contributed by atoms with Crippen LogP contribution in [-0.2, 0) is 12.1 Å². The number of hydrogen-bond acceptors (Lipinski definition) is 5. The number of H-pyrrole nitrogens is 1. The second-order valence-corrected chi connectivity index (χ2v) is 9.81. The Balaban J connectivity index is 1.76. The molecule has 7 heteroatoms. The van der Waals surface area contributed by atoms with Crippen LogP contribution in [0.15, 0.2) is 29.1 Å². The molecule has 3 aromatic rings. The van der Waals surface area contributed by atoms with E-state index in [1.165, 1.54) is 12.8 Å². The molecule has 1 atom stereocenters. The minimum absolute atomic E-state index is 0.00173. The number of nitrogens with zero attached hydrogens (tertiary/aromatic N) is 5. The summed E-state index contributed by atoms with van der Waals surface area (Å²) in [6.45, 7) is 11.3. The molecule has 0 unspecified atom stereocenters. The zero-order valence-electron chi connectivity index (χ0n) is 20.1. The fourth-order valence-corrected chi connectivity index (χ4v) is 5.02. The molecule has 0 amide bonds. The van der Waals surface area contributed by atoms with Gasteiger partial charge in [0, 0.05) is 18.2 Å². The van der Waals surface area contributed by atoms with Crippen molar-refractivity contribution in [3.05, 3.63) is 51.6 Å². The lowest BCUT2D eigenvalue weighted by Gasteiger charge is -2.36. The van der Waals surface area contributed by atoms with E-state index in [4.69, 9.17) is 0 Å². The van der Waals surface area contributed by atoms with Crippen LogP contribution in [0, 0.1) is 6.92 Å². The molecule has 2 heterocycles. The van der Waals surface area contributed by atoms with E-state index in [0.717, 1.165) is 53.5 Å². The number of fused-ring (bicyclic) bond motifs is 1. The Labute approximate surface area is 190 Å². The average Bonchev–Trinajstić information content (AvgIpc) is 3.47. The summed E-state index contributed by atoms with van der Waals surface area (Å²) in [5.41, 5.74) is 2.66. The van der Waals surface area contributed by atoms with Crippen LogP contribution >= 0.6 is 0 Å². The van der Waals surface area contributed by atoms with E-state index < -0.39 is 0 Å². The molecular formula is C25H36N6O. The van der Waals surface area contributed by atoms with E-state index >= 15 is 0 Å². The number of benzene rings is 1. The zero-order valence-corrected chi connectivity index (χ0v) is 20.1. The van der Waals surface area contributed by atoms with Gasteiger partial charge >= 0.3 is 0 Å². The molecule has 0 saturated heterocycles. The van der Waals surface area contributed by atoms with Gasteiger partial charge in [-0.25, -0.2) is 4.68 Å². The molecule has 0 radical (unpaired) electrons. The standard InChI is InChI=1S/C25H36N6O/c1-6-21(23-27-28-29-31(23)25(4,5)7-2)30(20-13-8-9-14-20)16-19-15-18-12-10-11-17(3)22(18)26-24(19)32/h10-12,15,20-21H,6-9,13-14,16H2,1-5H3,(H,26,32)/t21-/m0/s1. The van der Waals surface area contributed by atoms with Gasteiger partial charge in [-0.2, -0.15) is 0 Å². The highest BCUT2D eigenvalue weighted by molar-refractivity contribution is 5.81. The highest BCUT2D eigenvalue weighted by atomic mass is 16.1. The van der Waals surface area contributed by atoms with Crippen molar-refractivity contribution in [1.82, 2.24) is 30.1 Å². The van der Waals surface area contributed by atoms with E-state index in [9.17, 15) is 4.79 Å². The molecule has 0 aliphatic heterocycles. The number of aromatic nitrogens is 5. The number of tetrazole rings is 1. The quantitative estimate of drug-likeness (QED) is 0.545. The van der Waals surface area contributed by atoms with Crippen LogP contribution in [0.2, 0.25) is 0 Å². The Morgan fingerprint density at radius 3 is 2.69 bits per heavy atom. The first-order chi connectivity index (χ1) is 15.4. The third-order valence-electron chi connectivity index (χ3n) is 7.33. The fourth-order valence-electron chi connectivity index (χ4n) is 5.02. The lowest BCUT2D eigenvalue weighted by atomic mass is 10.00. The van der Waals surface area contributed by atoms with Gasteiger partial charge in [-0.15, -0.1) is 5.10 Å². The lowest BCUT2D eigenvalue weighted by Crippen LogP contribution is -2.40. The molecule has 1 fully saturated rings. The summed E-state index contributed by atoms with van der Waals surface area (Å²) in [5.74, 6) is 0.902. The van der Waals surface area contributed by atoms with Gasteiger partial charge in [-0.3, -0.25) is 9.69 Å². The first-order valence-electron chi connectivity index (χ1n) is 12.0. The summed E-state index contributed by atoms with van der Waals surface area (Å²) in [6, 6.07) is 8.71. The number of para-hydroxylation sites is 1. The minimum atomic E-state index is -0.161. The number of pyridine rings is 1. The zero-order chi connectivity index (χ0) is 22.9. The summed E-state index contributed by atoms with van der Waals surface area (Å²) in [7, 11) is 0. The summed E-state index contributed by atoms with van der Waals surface area (Å²) in [5, 5.41) is 14.0. The molecule has 1 saturated carbocycles. The van der Waals surface area contributed by atoms with Crippen molar-refractivity contribution < 1.29 is 0 Å². The van der Waals surface area contributed by atoms with Gasteiger partial charge in [0.15, 0.2) is 5.82 Å². The number of rotatable bonds is 8. The Morgan fingerprint density at radius 2 is 2.00 bits per heavy atom. The van der Waals surface area contributed by atoms with Crippen molar-refractivity contribution in [3.8, 4) is 0 Å². The summed E-state index contributed by atoms with van der Waals surface area (Å²) in [4.78, 5) is 18.7. The molecule has 1 N–H and O–H groups in total. The smallest absolute Gasteiger partial charge is 0.252 e. The van der Waals surface area contributed by atoms with Gasteiger partial charge in [-0.05, 0) is 73.9 Å². The van der Waals surface area contributed by atoms with E-state index in [1.807, 2.05) is 23.7 Å². The van der Waals surface area contributed by atoms with E-state index in [2.05, 4.69) is 65.2 Å². The second kappa shape index (κ2) is 9.14. The molecular weight excluding hydrogens is 400 g/mol. The molecule has 4 rings (SSSR count). The Morgan fingerprint density at radius 1 is 1.25 bits per heavy atom. The van der Waals surface area contributed by atoms with Crippen LogP contribution in [0.5, 0.6) is 0 Å². The van der Waals surface area contributed by atoms with Crippen molar-refractivity contribution in [2.75, 3.05) is 0 Å². The average molecular weight is 437 g/mol. The van der Waals surface area contributed by atoms with Crippen molar-refractivity contribution in [2.45, 2.75) is 97.3 Å². The maximum absolute atomic E-state index is 13.1. The predicted octanol–water partition coefficient (Wildman–Crippen LogP) is 4.86. The third-order valence-corrected chi connectivity index (χ3v) is 7.33. The Bertz CT molecular complexity index is 1120. The van der Waals surface area contributed by atoms with Crippen molar-refractivity contribution in [2.24, 2.45) is 0 Å². The summed E-state index contributed by atoms with van der Waals surface area (Å²) in [6.07, 6.45) is 6.60. The van der Waals surface area contributed by atoms with Gasteiger partial charge < -0.3 is 4.98 Å². The van der Waals surface area contributed by atoms with Gasteiger partial charge in [0.25, 0.3) is 5.56 Å². The highest BCUT2D eigenvalue weighted by Gasteiger charge is 2.35. The first kappa shape index (κ1) is 22.6. The molecule has 1 aliphatic rings. The SMILES string of the molecule is CC[C@@H](c1nnnn1C(C)(C)CC)N(Cc1cc2cccc(C)c2[nH]c1=O)C1CCCC1. The van der Waals surface area contributed by atoms with Crippen molar-refractivity contribution >= 4 is 10.9 Å². The van der Waals surface area contributed by atoms with Gasteiger partial charge in [0.1, 0.15) is 0 Å². The van der Waals surface area contributed by atoms with Crippen molar-refractivity contribution in [3.63, 3.8) is 0 Å². The van der Waals surface area contributed by atoms with E-state index in [1.54, 1.807) is 0 Å². The number of aromatic amines is 1. The van der Waals surface area contributed by atoms with Crippen LogP contribution in [0.3, 0.4) is 0 Å². The molecule has 2 aromatic heterocycles. The van der Waals surface area contributed by atoms with Crippen LogP contribution in [0.4, 0.5) is 0 Å². The van der Waals surface area contributed by atoms with E-state index in [0.29, 0.717) is 12.6 Å². The molecule has 32 heavy (non-hydrogen) atoms. The molecule has 172 valence electrons. The topological polar surface area (TPSA) is 79.7 Å². The summed E-state index contributed by atoms with van der Waals surface area (Å²) < 4.78 is 2.00. The fraction of sp³-hybridized carbons (Fsp3) is 0.600. The van der Waals surface area contributed by atoms with Crippen molar-refractivity contribution in [1.29, 1.82) is 0 Å². The van der Waals surface area contributed by atoms with Crippen LogP contribution in [0.1, 0.15) is 89.2 Å². The maximum Gasteiger partial charge on any atom is 0.252 e. The third kappa shape index (κ3) is 4.22. The minimum Gasteiger partial charge on any atom is -0.321 e. The molecule has 0 bridgehead atoms. The molecule has 0 spiro atoms. The second-order valence-electron chi connectivity index (χ2n) is 9.81. The molecule has 1 aromatic carbocycles. The van der Waals surface area contributed by atoms with Crippen LogP contribution < -0.4 is 5.56 Å². The Hall–Kier alpha value is -2.54. The highest BCUT2D eigenvalue weighted by Crippen LogP contribution is 2.35. The normalized spacial score (nSPS) is 16.3. The Kier molecular flexibility index (Phi) is 6.47. The molecule has 1 aliphatic carbocycles. The summed E-state index contributed by atoms with van der Waals surface area (Å²) >= 11 is 0. The monoisotopic (exact) mass is 436 g/mol. The number of hydrogen-bond donors (Lipinski definition) is 1. The van der Waals surface area contributed by atoms with Gasteiger partial charge in [0.2, 0.25) is 0 Å². The van der Waals surface area contributed by atoms with Crippen LogP contribution in [-0.4, -0.2) is 36.1 Å². The first-order valence-corrected chi connectivity index (χ1v) is 12.0.